The van der Waals surface area contributed by atoms with Crippen molar-refractivity contribution in [3.8, 4) is 11.1 Å². The number of nitrogens with one attached hydrogen (secondary N) is 2. The van der Waals surface area contributed by atoms with Gasteiger partial charge in [0.05, 0.1) is 11.9 Å². The van der Waals surface area contributed by atoms with Crippen molar-refractivity contribution >= 4 is 22.3 Å². The van der Waals surface area contributed by atoms with Crippen molar-refractivity contribution < 1.29 is 0 Å². The lowest BCUT2D eigenvalue weighted by molar-refractivity contribution is 0.371. The van der Waals surface area contributed by atoms with E-state index < -0.39 is 0 Å². The van der Waals surface area contributed by atoms with Gasteiger partial charge in [-0.2, -0.15) is 0 Å². The molecule has 0 spiro atoms. The number of aromatic nitrogens is 3. The average molecular weight is 396 g/mol. The molecule has 1 saturated carbocycles. The molecular formula is C25H25N5. The minimum absolute atomic E-state index is 0.586. The number of nitrogen functional groups attached to an aromatic ring is 1. The summed E-state index contributed by atoms with van der Waals surface area (Å²) in [7, 11) is 0. The average Bonchev–Trinajstić information content (AvgIpc) is 3.11. The fraction of sp³-hybridized carbons (Fsp3) is 0.200. The van der Waals surface area contributed by atoms with Gasteiger partial charge in [0.1, 0.15) is 0 Å². The summed E-state index contributed by atoms with van der Waals surface area (Å²) >= 11 is 0. The minimum atomic E-state index is 0.586. The molecule has 0 atom stereocenters. The molecule has 1 fully saturated rings. The number of pyridine rings is 2. The Hall–Kier alpha value is -3.60. The number of hydrogen-bond acceptors (Lipinski definition) is 4. The van der Waals surface area contributed by atoms with Crippen LogP contribution in [-0.2, 0) is 6.42 Å². The second-order valence-electron chi connectivity index (χ2n) is 8.09. The molecular weight excluding hydrogens is 370 g/mol. The molecule has 1 aliphatic carbocycles. The minimum Gasteiger partial charge on any atom is -0.398 e. The van der Waals surface area contributed by atoms with Gasteiger partial charge in [0.15, 0.2) is 0 Å². The van der Waals surface area contributed by atoms with E-state index in [1.807, 2.05) is 30.7 Å². The van der Waals surface area contributed by atoms with Crippen molar-refractivity contribution in [1.82, 2.24) is 15.0 Å². The number of benzene rings is 1. The quantitative estimate of drug-likeness (QED) is 0.375. The maximum Gasteiger partial charge on any atom is 0.0574 e. The van der Waals surface area contributed by atoms with Crippen molar-refractivity contribution in [3.63, 3.8) is 0 Å². The number of fused-ring (bicyclic) bond motifs is 1. The molecule has 0 radical (unpaired) electrons. The molecule has 30 heavy (non-hydrogen) atoms. The van der Waals surface area contributed by atoms with Gasteiger partial charge < -0.3 is 16.0 Å². The maximum atomic E-state index is 6.29. The zero-order chi connectivity index (χ0) is 20.5. The first-order valence-electron chi connectivity index (χ1n) is 10.4. The Bertz CT molecular complexity index is 1190. The van der Waals surface area contributed by atoms with Crippen LogP contribution in [0.3, 0.4) is 0 Å². The second-order valence-corrected chi connectivity index (χ2v) is 8.09. The van der Waals surface area contributed by atoms with Gasteiger partial charge in [0.2, 0.25) is 0 Å². The van der Waals surface area contributed by atoms with Gasteiger partial charge in [-0.05, 0) is 60.2 Å². The number of anilines is 2. The van der Waals surface area contributed by atoms with E-state index in [1.54, 1.807) is 6.20 Å². The third-order valence-electron chi connectivity index (χ3n) is 5.98. The summed E-state index contributed by atoms with van der Waals surface area (Å²) in [4.78, 5) is 12.1. The Balaban J connectivity index is 1.40. The summed E-state index contributed by atoms with van der Waals surface area (Å²) in [5.74, 6) is 0.586. The fourth-order valence-corrected chi connectivity index (χ4v) is 3.98. The van der Waals surface area contributed by atoms with Crippen LogP contribution in [0.4, 0.5) is 11.4 Å². The molecule has 0 amide bonds. The highest BCUT2D eigenvalue weighted by Gasteiger charge is 2.20. The monoisotopic (exact) mass is 395 g/mol. The predicted molar refractivity (Wildman–Crippen MR) is 123 cm³/mol. The highest BCUT2D eigenvalue weighted by Crippen LogP contribution is 2.33. The van der Waals surface area contributed by atoms with Crippen LogP contribution in [0.25, 0.3) is 22.0 Å². The van der Waals surface area contributed by atoms with Crippen molar-refractivity contribution in [2.45, 2.75) is 25.7 Å². The molecule has 4 N–H and O–H groups in total. The molecule has 3 heterocycles. The maximum absolute atomic E-state index is 6.29. The first-order chi connectivity index (χ1) is 14.7. The fourth-order valence-electron chi connectivity index (χ4n) is 3.98. The van der Waals surface area contributed by atoms with Gasteiger partial charge in [0, 0.05) is 58.6 Å². The van der Waals surface area contributed by atoms with Gasteiger partial charge in [-0.3, -0.25) is 9.97 Å². The summed E-state index contributed by atoms with van der Waals surface area (Å²) in [5.41, 5.74) is 14.6. The third-order valence-corrected chi connectivity index (χ3v) is 5.98. The molecule has 1 aliphatic rings. The molecule has 0 aliphatic heterocycles. The van der Waals surface area contributed by atoms with Gasteiger partial charge in [0.25, 0.3) is 0 Å². The van der Waals surface area contributed by atoms with E-state index in [1.165, 1.54) is 19.3 Å². The van der Waals surface area contributed by atoms with Gasteiger partial charge >= 0.3 is 0 Å². The van der Waals surface area contributed by atoms with Crippen LogP contribution in [0.2, 0.25) is 0 Å². The number of nitrogens with zero attached hydrogens (tertiary/aromatic N) is 2. The lowest BCUT2D eigenvalue weighted by Crippen LogP contribution is -2.18. The number of aromatic amines is 1. The summed E-state index contributed by atoms with van der Waals surface area (Å²) in [6, 6.07) is 12.4. The molecule has 5 nitrogen and oxygen atoms in total. The molecule has 5 rings (SSSR count). The Morgan fingerprint density at radius 3 is 2.77 bits per heavy atom. The topological polar surface area (TPSA) is 79.6 Å². The van der Waals surface area contributed by atoms with Crippen LogP contribution < -0.4 is 11.1 Å². The molecule has 1 aromatic carbocycles. The molecule has 150 valence electrons. The lowest BCUT2D eigenvalue weighted by Gasteiger charge is -2.28. The Morgan fingerprint density at radius 1 is 1.07 bits per heavy atom. The first kappa shape index (κ1) is 18.4. The molecule has 0 unspecified atom stereocenters. The van der Waals surface area contributed by atoms with E-state index in [0.717, 1.165) is 56.8 Å². The Labute approximate surface area is 176 Å². The van der Waals surface area contributed by atoms with Crippen LogP contribution in [0.5, 0.6) is 0 Å². The smallest absolute Gasteiger partial charge is 0.0574 e. The summed E-state index contributed by atoms with van der Waals surface area (Å²) < 4.78 is 0. The Kier molecular flexibility index (Phi) is 4.71. The highest BCUT2D eigenvalue weighted by atomic mass is 14.9. The van der Waals surface area contributed by atoms with E-state index in [9.17, 15) is 0 Å². The van der Waals surface area contributed by atoms with Crippen molar-refractivity contribution in [2.24, 2.45) is 5.92 Å². The summed E-state index contributed by atoms with van der Waals surface area (Å²) in [6.45, 7) is 4.20. The number of allylic oxidation sites excluding steroid dienone is 1. The van der Waals surface area contributed by atoms with Crippen molar-refractivity contribution in [2.75, 3.05) is 11.1 Å². The van der Waals surface area contributed by atoms with Crippen LogP contribution in [-0.4, -0.2) is 15.0 Å². The highest BCUT2D eigenvalue weighted by molar-refractivity contribution is 5.79. The lowest BCUT2D eigenvalue weighted by atomic mass is 9.83. The Morgan fingerprint density at radius 2 is 1.97 bits per heavy atom. The van der Waals surface area contributed by atoms with E-state index in [4.69, 9.17) is 5.73 Å². The zero-order valence-corrected chi connectivity index (χ0v) is 16.9. The molecule has 0 bridgehead atoms. The number of rotatable bonds is 6. The molecule has 0 saturated heterocycles. The predicted octanol–water partition coefficient (Wildman–Crippen LogP) is 5.52. The zero-order valence-electron chi connectivity index (χ0n) is 16.9. The van der Waals surface area contributed by atoms with Gasteiger partial charge in [-0.1, -0.05) is 19.1 Å². The van der Waals surface area contributed by atoms with Crippen LogP contribution in [0, 0.1) is 5.92 Å². The largest absolute Gasteiger partial charge is 0.398 e. The SMILES string of the molecule is C=C(Nc1cncc(-c2ccc(N)c(Cc3cc4cnccc4[nH]3)c2)c1)C1CCC1. The summed E-state index contributed by atoms with van der Waals surface area (Å²) in [5, 5.41) is 4.55. The van der Waals surface area contributed by atoms with Crippen molar-refractivity contribution in [1.29, 1.82) is 0 Å². The normalized spacial score (nSPS) is 13.9. The van der Waals surface area contributed by atoms with Gasteiger partial charge in [-0.15, -0.1) is 0 Å². The van der Waals surface area contributed by atoms with E-state index >= 15 is 0 Å². The molecule has 3 aromatic heterocycles. The number of hydrogen-bond donors (Lipinski definition) is 3. The van der Waals surface area contributed by atoms with Crippen molar-refractivity contribution in [3.05, 3.63) is 84.7 Å². The number of nitrogens with two attached hydrogens (primary N) is 1. The number of H-pyrrole nitrogens is 1. The van der Waals surface area contributed by atoms with Crippen LogP contribution in [0.15, 0.2) is 73.5 Å². The van der Waals surface area contributed by atoms with E-state index in [-0.39, 0.29) is 0 Å². The molecule has 5 heteroatoms. The van der Waals surface area contributed by atoms with Crippen LogP contribution >= 0.6 is 0 Å². The van der Waals surface area contributed by atoms with Gasteiger partial charge in [-0.25, -0.2) is 0 Å². The van der Waals surface area contributed by atoms with E-state index in [0.29, 0.717) is 5.92 Å². The van der Waals surface area contributed by atoms with Crippen LogP contribution in [0.1, 0.15) is 30.5 Å². The van der Waals surface area contributed by atoms with E-state index in [2.05, 4.69) is 51.1 Å². The standard InChI is InChI=1S/C25H25N5/c1-16(17-3-2-4-17)29-23-11-20(13-28-15-23)18-5-6-24(26)19(9-18)10-22-12-21-14-27-8-7-25(21)30-22/h5-9,11-15,17,29-30H,1-4,10,26H2. The second kappa shape index (κ2) is 7.67. The third kappa shape index (κ3) is 3.66. The molecule has 4 aromatic rings. The first-order valence-corrected chi connectivity index (χ1v) is 10.4. The summed E-state index contributed by atoms with van der Waals surface area (Å²) in [6.07, 6.45) is 11.9.